The molecule has 0 saturated carbocycles. The zero-order chi connectivity index (χ0) is 20.5. The lowest BCUT2D eigenvalue weighted by Crippen LogP contribution is -2.39. The van der Waals surface area contributed by atoms with Gasteiger partial charge in [0.25, 0.3) is 0 Å². The van der Waals surface area contributed by atoms with Crippen LogP contribution in [-0.2, 0) is 7.05 Å². The first-order chi connectivity index (χ1) is 14.7. The molecular weight excluding hydrogens is 400 g/mol. The fraction of sp³-hybridized carbons (Fsp3) is 0.273. The zero-order valence-electron chi connectivity index (χ0n) is 16.6. The molecule has 1 fully saturated rings. The molecule has 0 unspecified atom stereocenters. The molecule has 1 aliphatic heterocycles. The highest BCUT2D eigenvalue weighted by Gasteiger charge is 2.18. The Morgan fingerprint density at radius 2 is 2.03 bits per heavy atom. The Kier molecular flexibility index (Phi) is 5.06. The van der Waals surface area contributed by atoms with Gasteiger partial charge in [-0.2, -0.15) is 5.10 Å². The molecule has 0 bridgehead atoms. The molecule has 0 amide bonds. The third-order valence-corrected chi connectivity index (χ3v) is 5.53. The normalized spacial score (nSPS) is 14.1. The van der Waals surface area contributed by atoms with E-state index in [-0.39, 0.29) is 0 Å². The van der Waals surface area contributed by atoms with Crippen LogP contribution < -0.4 is 4.74 Å². The van der Waals surface area contributed by atoms with Crippen LogP contribution in [0.2, 0.25) is 5.02 Å². The van der Waals surface area contributed by atoms with Gasteiger partial charge >= 0.3 is 0 Å². The summed E-state index contributed by atoms with van der Waals surface area (Å²) in [7, 11) is 1.88. The molecule has 30 heavy (non-hydrogen) atoms. The van der Waals surface area contributed by atoms with Gasteiger partial charge in [-0.05, 0) is 43.8 Å². The number of aromatic nitrogens is 5. The summed E-state index contributed by atoms with van der Waals surface area (Å²) in [6, 6.07) is 9.69. The zero-order valence-corrected chi connectivity index (χ0v) is 17.4. The van der Waals surface area contributed by atoms with Crippen molar-refractivity contribution in [3.63, 3.8) is 0 Å². The quantitative estimate of drug-likeness (QED) is 0.472. The monoisotopic (exact) mass is 420 g/mol. The number of halogens is 1. The van der Waals surface area contributed by atoms with Gasteiger partial charge in [0, 0.05) is 36.9 Å². The fourth-order valence-electron chi connectivity index (χ4n) is 3.54. The largest absolute Gasteiger partial charge is 0.475 e. The van der Waals surface area contributed by atoms with Gasteiger partial charge in [-0.1, -0.05) is 17.7 Å². The standard InChI is InChI=1S/C22H21ClN6O/c1-28-9-5-18(27-28)22-21(16-12-15-4-2-6-24-20(15)17(23)13-16)26-19(14-25-22)30-11-10-29-7-3-8-29/h2,4-6,9,12-14H,3,7-8,10-11H2,1H3. The summed E-state index contributed by atoms with van der Waals surface area (Å²) in [6.45, 7) is 3.76. The molecule has 1 saturated heterocycles. The summed E-state index contributed by atoms with van der Waals surface area (Å²) in [5.41, 5.74) is 3.72. The third-order valence-electron chi connectivity index (χ3n) is 5.24. The minimum absolute atomic E-state index is 0.493. The molecule has 0 atom stereocenters. The Bertz CT molecular complexity index is 1200. The maximum atomic E-state index is 6.53. The van der Waals surface area contributed by atoms with E-state index in [4.69, 9.17) is 21.3 Å². The van der Waals surface area contributed by atoms with E-state index in [1.165, 1.54) is 6.42 Å². The van der Waals surface area contributed by atoms with Crippen LogP contribution in [0.4, 0.5) is 0 Å². The van der Waals surface area contributed by atoms with Crippen molar-refractivity contribution in [1.29, 1.82) is 0 Å². The van der Waals surface area contributed by atoms with Crippen molar-refractivity contribution in [3.8, 4) is 28.5 Å². The van der Waals surface area contributed by atoms with Crippen molar-refractivity contribution in [2.75, 3.05) is 26.2 Å². The number of ether oxygens (including phenoxy) is 1. The number of aryl methyl sites for hydroxylation is 1. The SMILES string of the molecule is Cn1ccc(-c2ncc(OCCN3CCC3)nc2-c2cc(Cl)c3ncccc3c2)n1. The minimum atomic E-state index is 0.493. The summed E-state index contributed by atoms with van der Waals surface area (Å²) >= 11 is 6.53. The molecule has 4 heterocycles. The second-order valence-electron chi connectivity index (χ2n) is 7.36. The number of likely N-dealkylation sites (tertiary alicyclic amines) is 1. The maximum absolute atomic E-state index is 6.53. The first-order valence-corrected chi connectivity index (χ1v) is 10.3. The molecule has 4 aromatic rings. The van der Waals surface area contributed by atoms with Gasteiger partial charge in [0.1, 0.15) is 23.7 Å². The molecule has 152 valence electrons. The molecule has 0 spiro atoms. The lowest BCUT2D eigenvalue weighted by Gasteiger charge is -2.30. The number of pyridine rings is 1. The molecule has 8 heteroatoms. The van der Waals surface area contributed by atoms with E-state index in [2.05, 4.69) is 20.0 Å². The Morgan fingerprint density at radius 1 is 1.13 bits per heavy atom. The summed E-state index contributed by atoms with van der Waals surface area (Å²) in [5.74, 6) is 0.493. The van der Waals surface area contributed by atoms with E-state index >= 15 is 0 Å². The van der Waals surface area contributed by atoms with Gasteiger partial charge in [-0.25, -0.2) is 9.97 Å². The molecule has 0 N–H and O–H groups in total. The second-order valence-corrected chi connectivity index (χ2v) is 7.76. The summed E-state index contributed by atoms with van der Waals surface area (Å²) in [4.78, 5) is 16.2. The van der Waals surface area contributed by atoms with Gasteiger partial charge in [-0.3, -0.25) is 14.6 Å². The summed E-state index contributed by atoms with van der Waals surface area (Å²) in [6.07, 6.45) is 6.54. The molecule has 0 radical (unpaired) electrons. The van der Waals surface area contributed by atoms with Crippen molar-refractivity contribution >= 4 is 22.5 Å². The fourth-order valence-corrected chi connectivity index (χ4v) is 3.82. The third kappa shape index (κ3) is 3.74. The molecule has 1 aliphatic rings. The predicted octanol–water partition coefficient (Wildman–Crippen LogP) is 3.83. The van der Waals surface area contributed by atoms with E-state index in [9.17, 15) is 0 Å². The highest BCUT2D eigenvalue weighted by atomic mass is 35.5. The second kappa shape index (κ2) is 8.01. The Hall–Kier alpha value is -3.03. The Balaban J connectivity index is 1.55. The number of hydrogen-bond acceptors (Lipinski definition) is 6. The van der Waals surface area contributed by atoms with Crippen molar-refractivity contribution < 1.29 is 4.74 Å². The number of rotatable bonds is 6. The van der Waals surface area contributed by atoms with E-state index in [0.29, 0.717) is 28.9 Å². The van der Waals surface area contributed by atoms with Crippen LogP contribution in [-0.4, -0.2) is 55.9 Å². The molecule has 5 rings (SSSR count). The lowest BCUT2D eigenvalue weighted by atomic mass is 10.0. The highest BCUT2D eigenvalue weighted by Crippen LogP contribution is 2.34. The van der Waals surface area contributed by atoms with E-state index in [0.717, 1.165) is 41.8 Å². The first kappa shape index (κ1) is 19.0. The molecule has 7 nitrogen and oxygen atoms in total. The smallest absolute Gasteiger partial charge is 0.232 e. The van der Waals surface area contributed by atoms with Crippen LogP contribution in [0.1, 0.15) is 6.42 Å². The Morgan fingerprint density at radius 3 is 2.80 bits per heavy atom. The van der Waals surface area contributed by atoms with Crippen LogP contribution >= 0.6 is 11.6 Å². The van der Waals surface area contributed by atoms with Gasteiger partial charge in [0.05, 0.1) is 16.7 Å². The van der Waals surface area contributed by atoms with Crippen molar-refractivity contribution in [2.45, 2.75) is 6.42 Å². The van der Waals surface area contributed by atoms with Gasteiger partial charge < -0.3 is 4.74 Å². The van der Waals surface area contributed by atoms with Crippen LogP contribution in [0, 0.1) is 0 Å². The van der Waals surface area contributed by atoms with E-state index in [1.54, 1.807) is 17.1 Å². The lowest BCUT2D eigenvalue weighted by molar-refractivity contribution is 0.145. The molecule has 3 aromatic heterocycles. The predicted molar refractivity (Wildman–Crippen MR) is 117 cm³/mol. The maximum Gasteiger partial charge on any atom is 0.232 e. The van der Waals surface area contributed by atoms with Crippen molar-refractivity contribution in [3.05, 3.63) is 53.9 Å². The summed E-state index contributed by atoms with van der Waals surface area (Å²) in [5, 5.41) is 6.02. The Labute approximate surface area is 179 Å². The van der Waals surface area contributed by atoms with E-state index in [1.807, 2.05) is 43.6 Å². The van der Waals surface area contributed by atoms with Gasteiger partial charge in [0.2, 0.25) is 5.88 Å². The van der Waals surface area contributed by atoms with Gasteiger partial charge in [0.15, 0.2) is 0 Å². The topological polar surface area (TPSA) is 69.0 Å². The van der Waals surface area contributed by atoms with Crippen LogP contribution in [0.25, 0.3) is 33.5 Å². The number of hydrogen-bond donors (Lipinski definition) is 0. The van der Waals surface area contributed by atoms with E-state index < -0.39 is 0 Å². The van der Waals surface area contributed by atoms with Crippen LogP contribution in [0.3, 0.4) is 0 Å². The molecular formula is C22H21ClN6O. The number of fused-ring (bicyclic) bond motifs is 1. The minimum Gasteiger partial charge on any atom is -0.475 e. The highest BCUT2D eigenvalue weighted by molar-refractivity contribution is 6.35. The van der Waals surface area contributed by atoms with Crippen molar-refractivity contribution in [2.24, 2.45) is 7.05 Å². The number of benzene rings is 1. The van der Waals surface area contributed by atoms with Crippen LogP contribution in [0.15, 0.2) is 48.9 Å². The first-order valence-electron chi connectivity index (χ1n) is 9.94. The van der Waals surface area contributed by atoms with Gasteiger partial charge in [-0.15, -0.1) is 0 Å². The van der Waals surface area contributed by atoms with Crippen LogP contribution in [0.5, 0.6) is 5.88 Å². The van der Waals surface area contributed by atoms with Crippen molar-refractivity contribution in [1.82, 2.24) is 29.6 Å². The average molecular weight is 421 g/mol. The summed E-state index contributed by atoms with van der Waals surface area (Å²) < 4.78 is 7.65. The average Bonchev–Trinajstić information content (AvgIpc) is 3.16. The molecule has 0 aliphatic carbocycles. The molecule has 1 aromatic carbocycles. The number of nitrogens with zero attached hydrogens (tertiary/aromatic N) is 6.